The summed E-state index contributed by atoms with van der Waals surface area (Å²) < 4.78 is 0. The van der Waals surface area contributed by atoms with Crippen LogP contribution in [0.25, 0.3) is 0 Å². The molecule has 58 valence electrons. The number of carbonyl (C=O) groups is 1. The third-order valence-electron chi connectivity index (χ3n) is 1.82. The van der Waals surface area contributed by atoms with Gasteiger partial charge in [0.15, 0.2) is 0 Å². The predicted octanol–water partition coefficient (Wildman–Crippen LogP) is -0.864. The van der Waals surface area contributed by atoms with Gasteiger partial charge in [0.2, 0.25) is 0 Å². The first-order valence-electron chi connectivity index (χ1n) is 3.26. The normalized spacial score (nSPS) is 33.4. The fourth-order valence-electron chi connectivity index (χ4n) is 0.975. The van der Waals surface area contributed by atoms with Crippen molar-refractivity contribution in [2.75, 3.05) is 13.2 Å². The number of aliphatic hydroxyl groups is 1. The topological polar surface area (TPSA) is 60.5 Å². The maximum Gasteiger partial charge on any atom is 0.320 e. The molecule has 1 rings (SSSR count). The average molecular weight is 145 g/mol. The van der Waals surface area contributed by atoms with Crippen molar-refractivity contribution in [3.05, 3.63) is 0 Å². The molecule has 1 saturated heterocycles. The van der Waals surface area contributed by atoms with Crippen molar-refractivity contribution in [1.29, 1.82) is 0 Å². The summed E-state index contributed by atoms with van der Waals surface area (Å²) >= 11 is 0. The first-order valence-corrected chi connectivity index (χ1v) is 3.26. The van der Waals surface area contributed by atoms with Gasteiger partial charge in [0.1, 0.15) is 6.04 Å². The molecule has 10 heavy (non-hydrogen) atoms. The standard InChI is InChI=1S/C6H11NO3/c1-4(6(9)10)7-2-5(7)3-8/h4-5,8H,2-3H2,1H3,(H,9,10). The van der Waals surface area contributed by atoms with Crippen molar-refractivity contribution < 1.29 is 15.0 Å². The molecule has 0 spiro atoms. The number of aliphatic carboxylic acids is 1. The summed E-state index contributed by atoms with van der Waals surface area (Å²) in [5.74, 6) is -0.823. The molecule has 0 aromatic heterocycles. The Morgan fingerprint density at radius 3 is 2.80 bits per heavy atom. The summed E-state index contributed by atoms with van der Waals surface area (Å²) in [5.41, 5.74) is 0. The van der Waals surface area contributed by atoms with Gasteiger partial charge >= 0.3 is 5.97 Å². The van der Waals surface area contributed by atoms with Gasteiger partial charge in [0, 0.05) is 12.6 Å². The lowest BCUT2D eigenvalue weighted by Gasteiger charge is -2.06. The van der Waals surface area contributed by atoms with Crippen LogP contribution in [0.4, 0.5) is 0 Å². The Labute approximate surface area is 59.1 Å². The predicted molar refractivity (Wildman–Crippen MR) is 34.7 cm³/mol. The summed E-state index contributed by atoms with van der Waals surface area (Å²) in [6.45, 7) is 2.40. The molecule has 3 atom stereocenters. The van der Waals surface area contributed by atoms with E-state index in [1.807, 2.05) is 0 Å². The largest absolute Gasteiger partial charge is 0.480 e. The Morgan fingerprint density at radius 1 is 1.90 bits per heavy atom. The SMILES string of the molecule is CC(C(=O)O)N1CC1CO. The molecule has 0 amide bonds. The minimum absolute atomic E-state index is 0.0671. The van der Waals surface area contributed by atoms with Crippen LogP contribution in [0.3, 0.4) is 0 Å². The van der Waals surface area contributed by atoms with Crippen LogP contribution in [-0.2, 0) is 4.79 Å². The monoisotopic (exact) mass is 145 g/mol. The summed E-state index contributed by atoms with van der Waals surface area (Å²) in [6, 6.07) is -0.358. The third kappa shape index (κ3) is 1.27. The van der Waals surface area contributed by atoms with E-state index in [1.165, 1.54) is 0 Å². The number of nitrogens with zero attached hydrogens (tertiary/aromatic N) is 1. The van der Waals surface area contributed by atoms with Gasteiger partial charge in [-0.25, -0.2) is 0 Å². The zero-order chi connectivity index (χ0) is 7.72. The van der Waals surface area contributed by atoms with E-state index in [0.29, 0.717) is 6.54 Å². The van der Waals surface area contributed by atoms with Gasteiger partial charge in [-0.1, -0.05) is 0 Å². The van der Waals surface area contributed by atoms with Crippen LogP contribution in [0, 0.1) is 0 Å². The molecule has 0 aromatic carbocycles. The fraction of sp³-hybridized carbons (Fsp3) is 0.833. The number of hydrogen-bond donors (Lipinski definition) is 2. The van der Waals surface area contributed by atoms with E-state index in [0.717, 1.165) is 0 Å². The van der Waals surface area contributed by atoms with Gasteiger partial charge in [0.25, 0.3) is 0 Å². The second-order valence-electron chi connectivity index (χ2n) is 2.55. The Kier molecular flexibility index (Phi) is 1.92. The van der Waals surface area contributed by atoms with E-state index >= 15 is 0 Å². The number of carboxylic acids is 1. The lowest BCUT2D eigenvalue weighted by Crippen LogP contribution is -2.27. The Balaban J connectivity index is 2.32. The highest BCUT2D eigenvalue weighted by molar-refractivity contribution is 5.73. The number of aliphatic hydroxyl groups excluding tert-OH is 1. The van der Waals surface area contributed by atoms with Crippen LogP contribution in [-0.4, -0.2) is 46.3 Å². The minimum atomic E-state index is -0.823. The molecule has 0 saturated carbocycles. The van der Waals surface area contributed by atoms with Gasteiger partial charge in [-0.3, -0.25) is 9.69 Å². The van der Waals surface area contributed by atoms with Crippen LogP contribution in [0.2, 0.25) is 0 Å². The van der Waals surface area contributed by atoms with Crippen molar-refractivity contribution in [3.8, 4) is 0 Å². The van der Waals surface area contributed by atoms with Crippen molar-refractivity contribution in [2.24, 2.45) is 0 Å². The second kappa shape index (κ2) is 2.56. The van der Waals surface area contributed by atoms with Crippen LogP contribution >= 0.6 is 0 Å². The molecular formula is C6H11NO3. The van der Waals surface area contributed by atoms with Crippen LogP contribution in [0.15, 0.2) is 0 Å². The van der Waals surface area contributed by atoms with Crippen LogP contribution in [0.1, 0.15) is 6.92 Å². The molecule has 2 N–H and O–H groups in total. The van der Waals surface area contributed by atoms with E-state index in [-0.39, 0.29) is 12.6 Å². The maximum atomic E-state index is 10.3. The number of hydrogen-bond acceptors (Lipinski definition) is 3. The molecule has 0 aliphatic carbocycles. The fourth-order valence-corrected chi connectivity index (χ4v) is 0.975. The number of rotatable bonds is 3. The van der Waals surface area contributed by atoms with Gasteiger partial charge in [-0.2, -0.15) is 0 Å². The third-order valence-corrected chi connectivity index (χ3v) is 1.82. The second-order valence-corrected chi connectivity index (χ2v) is 2.55. The highest BCUT2D eigenvalue weighted by atomic mass is 16.4. The quantitative estimate of drug-likeness (QED) is 0.507. The molecule has 3 unspecified atom stereocenters. The molecule has 0 radical (unpaired) electrons. The number of carboxylic acid groups (broad SMARTS) is 1. The van der Waals surface area contributed by atoms with Gasteiger partial charge < -0.3 is 10.2 Å². The highest BCUT2D eigenvalue weighted by Gasteiger charge is 2.39. The van der Waals surface area contributed by atoms with Crippen LogP contribution in [0.5, 0.6) is 0 Å². The molecule has 1 aliphatic heterocycles. The first kappa shape index (κ1) is 7.50. The smallest absolute Gasteiger partial charge is 0.320 e. The Bertz CT molecular complexity index is 148. The molecular weight excluding hydrogens is 134 g/mol. The molecule has 1 aliphatic rings. The molecule has 1 fully saturated rings. The summed E-state index contributed by atoms with van der Waals surface area (Å²) in [4.78, 5) is 12.1. The van der Waals surface area contributed by atoms with E-state index in [9.17, 15) is 4.79 Å². The lowest BCUT2D eigenvalue weighted by atomic mass is 10.3. The van der Waals surface area contributed by atoms with Crippen LogP contribution < -0.4 is 0 Å². The van der Waals surface area contributed by atoms with E-state index in [1.54, 1.807) is 11.8 Å². The molecule has 0 aromatic rings. The molecule has 1 heterocycles. The lowest BCUT2D eigenvalue weighted by molar-refractivity contribution is -0.140. The minimum Gasteiger partial charge on any atom is -0.480 e. The van der Waals surface area contributed by atoms with E-state index in [4.69, 9.17) is 10.2 Å². The van der Waals surface area contributed by atoms with Gasteiger partial charge in [0.05, 0.1) is 6.61 Å². The average Bonchev–Trinajstić information content (AvgIpc) is 2.64. The van der Waals surface area contributed by atoms with Gasteiger partial charge in [-0.05, 0) is 6.92 Å². The molecule has 4 nitrogen and oxygen atoms in total. The van der Waals surface area contributed by atoms with Crippen molar-refractivity contribution in [1.82, 2.24) is 4.90 Å². The zero-order valence-corrected chi connectivity index (χ0v) is 5.82. The maximum absolute atomic E-state index is 10.3. The van der Waals surface area contributed by atoms with Crippen molar-refractivity contribution >= 4 is 5.97 Å². The van der Waals surface area contributed by atoms with Crippen molar-refractivity contribution in [3.63, 3.8) is 0 Å². The Hall–Kier alpha value is -0.610. The van der Waals surface area contributed by atoms with E-state index < -0.39 is 12.0 Å². The Morgan fingerprint density at radius 2 is 2.50 bits per heavy atom. The van der Waals surface area contributed by atoms with E-state index in [2.05, 4.69) is 0 Å². The molecule has 4 heteroatoms. The summed E-state index contributed by atoms with van der Waals surface area (Å²) in [6.07, 6.45) is 0. The van der Waals surface area contributed by atoms with Crippen molar-refractivity contribution in [2.45, 2.75) is 19.0 Å². The summed E-state index contributed by atoms with van der Waals surface area (Å²) in [5, 5.41) is 17.1. The molecule has 0 bridgehead atoms. The van der Waals surface area contributed by atoms with Gasteiger partial charge in [-0.15, -0.1) is 0 Å². The zero-order valence-electron chi connectivity index (χ0n) is 5.82. The first-order chi connectivity index (χ1) is 4.66. The highest BCUT2D eigenvalue weighted by Crippen LogP contribution is 2.19. The summed E-state index contributed by atoms with van der Waals surface area (Å²) in [7, 11) is 0.